The average Bonchev–Trinajstić information content (AvgIpc) is 3.42. The lowest BCUT2D eigenvalue weighted by Gasteiger charge is -2.18. The predicted molar refractivity (Wildman–Crippen MR) is 115 cm³/mol. The van der Waals surface area contributed by atoms with Crippen LogP contribution in [0.4, 0.5) is 0 Å². The van der Waals surface area contributed by atoms with Crippen LogP contribution in [0, 0.1) is 0 Å². The van der Waals surface area contributed by atoms with E-state index >= 15 is 0 Å². The Balaban J connectivity index is 1.71. The first-order valence-corrected chi connectivity index (χ1v) is 10.2. The summed E-state index contributed by atoms with van der Waals surface area (Å²) in [6.07, 6.45) is 5.05. The number of esters is 1. The summed E-state index contributed by atoms with van der Waals surface area (Å²) in [7, 11) is 0. The second-order valence-corrected chi connectivity index (χ2v) is 7.16. The van der Waals surface area contributed by atoms with Crippen LogP contribution in [0.1, 0.15) is 47.6 Å². The number of likely N-dealkylation sites (N-methyl/N-ethyl adjacent to an activating group) is 1. The number of aromatic nitrogens is 1. The van der Waals surface area contributed by atoms with Crippen LogP contribution in [0.25, 0.3) is 22.6 Å². The van der Waals surface area contributed by atoms with Gasteiger partial charge >= 0.3 is 5.97 Å². The van der Waals surface area contributed by atoms with Crippen LogP contribution in [-0.2, 0) is 16.0 Å². The molecule has 0 unspecified atom stereocenters. The van der Waals surface area contributed by atoms with Gasteiger partial charge in [-0.25, -0.2) is 9.78 Å². The van der Waals surface area contributed by atoms with Crippen molar-refractivity contribution in [1.82, 2.24) is 9.88 Å². The van der Waals surface area contributed by atoms with Gasteiger partial charge in [0.15, 0.2) is 6.61 Å². The van der Waals surface area contributed by atoms with Crippen LogP contribution < -0.4 is 0 Å². The Morgan fingerprint density at radius 3 is 2.67 bits per heavy atom. The van der Waals surface area contributed by atoms with E-state index in [1.54, 1.807) is 11.2 Å². The number of benzene rings is 1. The van der Waals surface area contributed by atoms with E-state index in [2.05, 4.69) is 0 Å². The second kappa shape index (κ2) is 8.53. The van der Waals surface area contributed by atoms with E-state index in [1.165, 1.54) is 0 Å². The third-order valence-electron chi connectivity index (χ3n) is 5.45. The highest BCUT2D eigenvalue weighted by Crippen LogP contribution is 2.37. The number of fused-ring (bicyclic) bond motifs is 2. The number of amides is 1. The molecule has 0 saturated carbocycles. The lowest BCUT2D eigenvalue weighted by molar-refractivity contribution is -0.134. The van der Waals surface area contributed by atoms with E-state index < -0.39 is 5.97 Å². The summed E-state index contributed by atoms with van der Waals surface area (Å²) in [6, 6.07) is 11.3. The number of ether oxygens (including phenoxy) is 1. The molecule has 3 aromatic rings. The van der Waals surface area contributed by atoms with Crippen molar-refractivity contribution in [2.24, 2.45) is 0 Å². The van der Waals surface area contributed by atoms with Crippen molar-refractivity contribution in [3.8, 4) is 0 Å². The Kier molecular flexibility index (Phi) is 5.65. The SMILES string of the molecule is CCN(CC)C(=O)COC(=O)c1c2c(nc3ccccc13)/C(=C\c1ccco1)CC2. The molecule has 1 aliphatic rings. The van der Waals surface area contributed by atoms with E-state index in [0.717, 1.165) is 39.9 Å². The molecular formula is C24H24N2O4. The molecule has 0 spiro atoms. The maximum atomic E-state index is 13.1. The monoisotopic (exact) mass is 404 g/mol. The fraction of sp³-hybridized carbons (Fsp3) is 0.292. The Bertz CT molecular complexity index is 1110. The minimum absolute atomic E-state index is 0.193. The van der Waals surface area contributed by atoms with Gasteiger partial charge in [0.25, 0.3) is 5.91 Å². The molecule has 2 aromatic heterocycles. The average molecular weight is 404 g/mol. The third-order valence-corrected chi connectivity index (χ3v) is 5.45. The van der Waals surface area contributed by atoms with Crippen LogP contribution in [0.3, 0.4) is 0 Å². The molecule has 0 saturated heterocycles. The molecule has 1 amide bonds. The molecular weight excluding hydrogens is 380 g/mol. The Morgan fingerprint density at radius 1 is 1.13 bits per heavy atom. The van der Waals surface area contributed by atoms with Crippen molar-refractivity contribution in [2.45, 2.75) is 26.7 Å². The number of carbonyl (C=O) groups is 2. The summed E-state index contributed by atoms with van der Waals surface area (Å²) < 4.78 is 10.9. The van der Waals surface area contributed by atoms with E-state index in [0.29, 0.717) is 25.1 Å². The van der Waals surface area contributed by atoms with E-state index in [1.807, 2.05) is 56.3 Å². The first-order valence-electron chi connectivity index (χ1n) is 10.2. The maximum Gasteiger partial charge on any atom is 0.339 e. The van der Waals surface area contributed by atoms with Gasteiger partial charge in [-0.3, -0.25) is 4.79 Å². The Morgan fingerprint density at radius 2 is 1.93 bits per heavy atom. The second-order valence-electron chi connectivity index (χ2n) is 7.16. The normalized spacial score (nSPS) is 14.1. The number of hydrogen-bond donors (Lipinski definition) is 0. The van der Waals surface area contributed by atoms with Gasteiger partial charge in [0.2, 0.25) is 0 Å². The zero-order valence-electron chi connectivity index (χ0n) is 17.2. The topological polar surface area (TPSA) is 72.6 Å². The minimum atomic E-state index is -0.482. The van der Waals surface area contributed by atoms with Crippen molar-refractivity contribution in [3.63, 3.8) is 0 Å². The standard InChI is InChI=1S/C24H24N2O4/c1-3-26(4-2)21(27)15-30-24(28)22-18-9-5-6-10-20(18)25-23-16(11-12-19(22)23)14-17-8-7-13-29-17/h5-10,13-14H,3-4,11-12,15H2,1-2H3/b16-14-. The zero-order valence-corrected chi connectivity index (χ0v) is 17.2. The van der Waals surface area contributed by atoms with E-state index in [9.17, 15) is 9.59 Å². The van der Waals surface area contributed by atoms with Crippen LogP contribution in [0.2, 0.25) is 0 Å². The fourth-order valence-corrected chi connectivity index (χ4v) is 3.92. The van der Waals surface area contributed by atoms with Gasteiger partial charge in [0.1, 0.15) is 5.76 Å². The van der Waals surface area contributed by atoms with Crippen LogP contribution >= 0.6 is 0 Å². The molecule has 154 valence electrons. The van der Waals surface area contributed by atoms with Crippen molar-refractivity contribution >= 4 is 34.4 Å². The summed E-state index contributed by atoms with van der Waals surface area (Å²) in [4.78, 5) is 31.8. The lowest BCUT2D eigenvalue weighted by Crippen LogP contribution is -2.34. The van der Waals surface area contributed by atoms with Gasteiger partial charge in [-0.2, -0.15) is 0 Å². The summed E-state index contributed by atoms with van der Waals surface area (Å²) in [6.45, 7) is 4.71. The smallest absolute Gasteiger partial charge is 0.339 e. The number of pyridine rings is 1. The molecule has 6 nitrogen and oxygen atoms in total. The number of allylic oxidation sites excluding steroid dienone is 1. The van der Waals surface area contributed by atoms with Crippen molar-refractivity contribution in [2.75, 3.05) is 19.7 Å². The van der Waals surface area contributed by atoms with Gasteiger partial charge in [0.05, 0.1) is 23.0 Å². The molecule has 0 radical (unpaired) electrons. The van der Waals surface area contributed by atoms with Crippen molar-refractivity contribution in [3.05, 3.63) is 65.2 Å². The van der Waals surface area contributed by atoms with Crippen LogP contribution in [0.5, 0.6) is 0 Å². The highest BCUT2D eigenvalue weighted by atomic mass is 16.5. The molecule has 0 atom stereocenters. The lowest BCUT2D eigenvalue weighted by atomic mass is 10.0. The van der Waals surface area contributed by atoms with Crippen molar-refractivity contribution < 1.29 is 18.7 Å². The number of para-hydroxylation sites is 1. The molecule has 0 N–H and O–H groups in total. The molecule has 2 heterocycles. The van der Waals surface area contributed by atoms with Gasteiger partial charge in [-0.05, 0) is 62.1 Å². The molecule has 30 heavy (non-hydrogen) atoms. The van der Waals surface area contributed by atoms with Crippen LogP contribution in [0.15, 0.2) is 47.1 Å². The number of rotatable bonds is 6. The summed E-state index contributed by atoms with van der Waals surface area (Å²) >= 11 is 0. The largest absolute Gasteiger partial charge is 0.465 e. The predicted octanol–water partition coefficient (Wildman–Crippen LogP) is 4.34. The first kappa shape index (κ1) is 19.9. The van der Waals surface area contributed by atoms with E-state index in [4.69, 9.17) is 14.1 Å². The number of nitrogens with zero attached hydrogens (tertiary/aromatic N) is 2. The molecule has 1 aliphatic carbocycles. The van der Waals surface area contributed by atoms with Crippen molar-refractivity contribution in [1.29, 1.82) is 0 Å². The number of carbonyl (C=O) groups excluding carboxylic acids is 2. The molecule has 0 fully saturated rings. The van der Waals surface area contributed by atoms with Gasteiger partial charge < -0.3 is 14.1 Å². The summed E-state index contributed by atoms with van der Waals surface area (Å²) in [5, 5.41) is 0.746. The number of hydrogen-bond acceptors (Lipinski definition) is 5. The summed E-state index contributed by atoms with van der Waals surface area (Å²) in [5.74, 6) is 0.0770. The highest BCUT2D eigenvalue weighted by molar-refractivity contribution is 6.07. The first-order chi connectivity index (χ1) is 14.6. The van der Waals surface area contributed by atoms with Gasteiger partial charge in [-0.1, -0.05) is 18.2 Å². The highest BCUT2D eigenvalue weighted by Gasteiger charge is 2.28. The molecule has 1 aromatic carbocycles. The quantitative estimate of drug-likeness (QED) is 0.572. The Labute approximate surface area is 175 Å². The number of furan rings is 1. The van der Waals surface area contributed by atoms with Gasteiger partial charge in [-0.15, -0.1) is 0 Å². The molecule has 0 bridgehead atoms. The molecule has 6 heteroatoms. The van der Waals surface area contributed by atoms with Crippen LogP contribution in [-0.4, -0.2) is 41.5 Å². The van der Waals surface area contributed by atoms with Gasteiger partial charge in [0, 0.05) is 18.5 Å². The maximum absolute atomic E-state index is 13.1. The van der Waals surface area contributed by atoms with E-state index in [-0.39, 0.29) is 12.5 Å². The molecule has 0 aliphatic heterocycles. The third kappa shape index (κ3) is 3.73. The zero-order chi connectivity index (χ0) is 21.1. The Hall–Kier alpha value is -3.41. The minimum Gasteiger partial charge on any atom is -0.465 e. The fourth-order valence-electron chi connectivity index (χ4n) is 3.92. The summed E-state index contributed by atoms with van der Waals surface area (Å²) in [5.41, 5.74) is 3.93. The molecule has 4 rings (SSSR count).